The molecule has 0 amide bonds. The van der Waals surface area contributed by atoms with Gasteiger partial charge in [0, 0.05) is 0 Å². The van der Waals surface area contributed by atoms with Gasteiger partial charge in [-0.25, -0.2) is 0 Å². The molecular formula is C21H21OS+. The van der Waals surface area contributed by atoms with Crippen molar-refractivity contribution < 1.29 is 4.74 Å². The summed E-state index contributed by atoms with van der Waals surface area (Å²) in [5, 5.41) is 0. The smallest absolute Gasteiger partial charge is 0.209 e. The van der Waals surface area contributed by atoms with Gasteiger partial charge in [0.2, 0.25) is 9.79 Å². The second kappa shape index (κ2) is 6.93. The third-order valence-electron chi connectivity index (χ3n) is 3.61. The van der Waals surface area contributed by atoms with E-state index in [1.165, 1.54) is 20.2 Å². The minimum Gasteiger partial charge on any atom is -0.447 e. The summed E-state index contributed by atoms with van der Waals surface area (Å²) in [6.45, 7) is 6.12. The maximum atomic E-state index is 6.06. The number of hydrogen-bond acceptors (Lipinski definition) is 1. The molecule has 0 unspecified atom stereocenters. The van der Waals surface area contributed by atoms with E-state index >= 15 is 0 Å². The van der Waals surface area contributed by atoms with Crippen LogP contribution in [-0.4, -0.2) is 0 Å². The fourth-order valence-electron chi connectivity index (χ4n) is 2.57. The number of aryl methyl sites for hydroxylation is 1. The zero-order chi connectivity index (χ0) is 16.2. The van der Waals surface area contributed by atoms with Crippen LogP contribution in [0.3, 0.4) is 0 Å². The van der Waals surface area contributed by atoms with Crippen molar-refractivity contribution in [3.8, 4) is 11.5 Å². The number of benzene rings is 3. The molecule has 0 bridgehead atoms. The van der Waals surface area contributed by atoms with Crippen molar-refractivity contribution in [1.82, 2.24) is 0 Å². The molecule has 0 spiro atoms. The highest BCUT2D eigenvalue weighted by Gasteiger charge is 2.38. The molecule has 0 N–H and O–H groups in total. The Labute approximate surface area is 141 Å². The summed E-state index contributed by atoms with van der Waals surface area (Å²) in [5.74, 6) is 1.94. The largest absolute Gasteiger partial charge is 0.447 e. The first kappa shape index (κ1) is 15.7. The molecule has 1 heterocycles. The van der Waals surface area contributed by atoms with Crippen LogP contribution in [0.5, 0.6) is 11.5 Å². The average molecular weight is 321 g/mol. The van der Waals surface area contributed by atoms with Crippen molar-refractivity contribution >= 4 is 10.9 Å². The molecule has 4 rings (SSSR count). The quantitative estimate of drug-likeness (QED) is 0.378. The van der Waals surface area contributed by atoms with Crippen molar-refractivity contribution in [1.29, 1.82) is 0 Å². The van der Waals surface area contributed by atoms with E-state index in [0.29, 0.717) is 0 Å². The van der Waals surface area contributed by atoms with Crippen LogP contribution in [0.4, 0.5) is 0 Å². The molecule has 116 valence electrons. The van der Waals surface area contributed by atoms with E-state index in [1.807, 2.05) is 26.0 Å². The predicted octanol–water partition coefficient (Wildman–Crippen LogP) is 6.22. The second-order valence-corrected chi connectivity index (χ2v) is 7.08. The summed E-state index contributed by atoms with van der Waals surface area (Å²) in [6, 6.07) is 25.5. The van der Waals surface area contributed by atoms with E-state index < -0.39 is 0 Å². The fraction of sp³-hybridized carbons (Fsp3) is 0.143. The van der Waals surface area contributed by atoms with Gasteiger partial charge in [0.25, 0.3) is 0 Å². The van der Waals surface area contributed by atoms with E-state index in [0.717, 1.165) is 11.5 Å². The molecule has 23 heavy (non-hydrogen) atoms. The number of hydrogen-bond donors (Lipinski definition) is 0. The summed E-state index contributed by atoms with van der Waals surface area (Å²) in [7, 11) is -0.0912. The molecule has 0 aliphatic carbocycles. The molecule has 2 heteroatoms. The Morgan fingerprint density at radius 2 is 1.13 bits per heavy atom. The van der Waals surface area contributed by atoms with Gasteiger partial charge in [0.15, 0.2) is 16.4 Å². The van der Waals surface area contributed by atoms with Gasteiger partial charge in [0.1, 0.15) is 10.9 Å². The van der Waals surface area contributed by atoms with Crippen molar-refractivity contribution in [3.63, 3.8) is 0 Å². The molecule has 0 aromatic heterocycles. The summed E-state index contributed by atoms with van der Waals surface area (Å²) in [4.78, 5) is 3.86. The van der Waals surface area contributed by atoms with Gasteiger partial charge in [-0.15, -0.1) is 0 Å². The van der Waals surface area contributed by atoms with Crippen molar-refractivity contribution in [2.75, 3.05) is 0 Å². The van der Waals surface area contributed by atoms with E-state index in [1.54, 1.807) is 0 Å². The number of rotatable bonds is 1. The van der Waals surface area contributed by atoms with Gasteiger partial charge in [-0.1, -0.05) is 55.8 Å². The lowest BCUT2D eigenvalue weighted by Gasteiger charge is -2.19. The molecule has 0 fully saturated rings. The topological polar surface area (TPSA) is 9.23 Å². The lowest BCUT2D eigenvalue weighted by Crippen LogP contribution is -2.12. The summed E-state index contributed by atoms with van der Waals surface area (Å²) in [6.07, 6.45) is 0. The molecule has 3 aromatic rings. The molecule has 3 aromatic carbocycles. The van der Waals surface area contributed by atoms with Crippen LogP contribution in [0.15, 0.2) is 87.5 Å². The van der Waals surface area contributed by atoms with E-state index in [4.69, 9.17) is 4.74 Å². The molecule has 0 saturated heterocycles. The van der Waals surface area contributed by atoms with Gasteiger partial charge in [0.05, 0.1) is 0 Å². The van der Waals surface area contributed by atoms with Crippen LogP contribution in [0, 0.1) is 6.92 Å². The molecule has 0 saturated carbocycles. The third kappa shape index (κ3) is 2.99. The highest BCUT2D eigenvalue weighted by molar-refractivity contribution is 7.97. The van der Waals surface area contributed by atoms with Gasteiger partial charge >= 0.3 is 0 Å². The zero-order valence-electron chi connectivity index (χ0n) is 13.7. The van der Waals surface area contributed by atoms with Gasteiger partial charge in [-0.3, -0.25) is 0 Å². The maximum absolute atomic E-state index is 6.06. The summed E-state index contributed by atoms with van der Waals surface area (Å²) < 4.78 is 6.06. The standard InChI is InChI=1S/C19H15OS.C2H6/c1-14-10-12-15(13-11-14)21-18-8-4-2-6-16(18)20-17-7-3-5-9-19(17)21;1-2/h2-13H,1H3;1-2H3/q+1;. The van der Waals surface area contributed by atoms with Crippen molar-refractivity contribution in [3.05, 3.63) is 78.4 Å². The van der Waals surface area contributed by atoms with Crippen LogP contribution < -0.4 is 4.74 Å². The molecule has 1 aliphatic heterocycles. The van der Waals surface area contributed by atoms with Crippen LogP contribution in [0.25, 0.3) is 0 Å². The molecule has 0 radical (unpaired) electrons. The fourth-order valence-corrected chi connectivity index (χ4v) is 4.78. The van der Waals surface area contributed by atoms with E-state index in [-0.39, 0.29) is 10.9 Å². The maximum Gasteiger partial charge on any atom is 0.209 e. The van der Waals surface area contributed by atoms with Gasteiger partial charge in [-0.2, -0.15) is 0 Å². The third-order valence-corrected chi connectivity index (χ3v) is 5.91. The number of para-hydroxylation sites is 2. The SMILES string of the molecule is CC.Cc1ccc([S+]2c3ccccc3Oc3ccccc32)cc1. The lowest BCUT2D eigenvalue weighted by molar-refractivity contribution is 0.453. The van der Waals surface area contributed by atoms with Crippen LogP contribution in [0.2, 0.25) is 0 Å². The first-order chi connectivity index (χ1) is 11.3. The summed E-state index contributed by atoms with van der Waals surface area (Å²) in [5.41, 5.74) is 1.29. The Balaban J connectivity index is 0.000000753. The predicted molar refractivity (Wildman–Crippen MR) is 97.6 cm³/mol. The summed E-state index contributed by atoms with van der Waals surface area (Å²) >= 11 is 0. The first-order valence-electron chi connectivity index (χ1n) is 8.00. The normalized spacial score (nSPS) is 12.3. The molecule has 1 nitrogen and oxygen atoms in total. The van der Waals surface area contributed by atoms with E-state index in [2.05, 4.69) is 67.6 Å². The number of fused-ring (bicyclic) bond motifs is 2. The first-order valence-corrected chi connectivity index (χ1v) is 9.22. The Kier molecular flexibility index (Phi) is 4.73. The Morgan fingerprint density at radius 3 is 1.65 bits per heavy atom. The highest BCUT2D eigenvalue weighted by atomic mass is 32.2. The van der Waals surface area contributed by atoms with Crippen LogP contribution in [0.1, 0.15) is 19.4 Å². The Morgan fingerprint density at radius 1 is 0.652 bits per heavy atom. The minimum absolute atomic E-state index is 0.0912. The molecule has 1 aliphatic rings. The average Bonchev–Trinajstić information content (AvgIpc) is 2.62. The van der Waals surface area contributed by atoms with E-state index in [9.17, 15) is 0 Å². The minimum atomic E-state index is -0.0912. The highest BCUT2D eigenvalue weighted by Crippen LogP contribution is 2.46. The van der Waals surface area contributed by atoms with Crippen LogP contribution >= 0.6 is 0 Å². The Bertz CT molecular complexity index is 747. The molecule has 0 atom stereocenters. The monoisotopic (exact) mass is 321 g/mol. The number of ether oxygens (including phenoxy) is 1. The van der Waals surface area contributed by atoms with Gasteiger partial charge in [-0.05, 0) is 43.3 Å². The van der Waals surface area contributed by atoms with Crippen molar-refractivity contribution in [2.45, 2.75) is 35.5 Å². The molecular weight excluding hydrogens is 300 g/mol. The van der Waals surface area contributed by atoms with Gasteiger partial charge < -0.3 is 4.74 Å². The Hall–Kier alpha value is -2.19. The zero-order valence-corrected chi connectivity index (χ0v) is 14.6. The lowest BCUT2D eigenvalue weighted by atomic mass is 10.2. The van der Waals surface area contributed by atoms with Crippen LogP contribution in [-0.2, 0) is 10.9 Å². The second-order valence-electron chi connectivity index (χ2n) is 5.11. The van der Waals surface area contributed by atoms with Crippen molar-refractivity contribution in [2.24, 2.45) is 0 Å².